The molecule has 0 radical (unpaired) electrons. The largest absolute Gasteiger partial charge is 0.489 e. The van der Waals surface area contributed by atoms with Gasteiger partial charge in [0, 0.05) is 12.7 Å². The molecule has 0 saturated heterocycles. The van der Waals surface area contributed by atoms with Crippen LogP contribution in [-0.4, -0.2) is 24.0 Å². The van der Waals surface area contributed by atoms with Crippen molar-refractivity contribution in [3.63, 3.8) is 0 Å². The molecule has 0 aliphatic rings. The molecule has 0 N–H and O–H groups in total. The zero-order chi connectivity index (χ0) is 11.6. The number of rotatable bonds is 3. The lowest BCUT2D eigenvalue weighted by atomic mass is 10.4. The summed E-state index contributed by atoms with van der Waals surface area (Å²) in [6, 6.07) is 0. The minimum atomic E-state index is -4.56. The van der Waals surface area contributed by atoms with E-state index in [1.807, 2.05) is 0 Å². The molecule has 14 heavy (non-hydrogen) atoms. The fourth-order valence-corrected chi connectivity index (χ4v) is 2.70. The minimum Gasteiger partial charge on any atom is -0.489 e. The van der Waals surface area contributed by atoms with Gasteiger partial charge in [0.1, 0.15) is 0 Å². The molecule has 84 valence electrons. The molecule has 0 aromatic heterocycles. The van der Waals surface area contributed by atoms with Gasteiger partial charge in [0.15, 0.2) is 0 Å². The fourth-order valence-electron chi connectivity index (χ4n) is 0.623. The van der Waals surface area contributed by atoms with E-state index in [1.165, 1.54) is 0 Å². The van der Waals surface area contributed by atoms with Gasteiger partial charge in [0.2, 0.25) is 6.10 Å². The van der Waals surface area contributed by atoms with Gasteiger partial charge in [-0.05, 0) is 0 Å². The van der Waals surface area contributed by atoms with Crippen molar-refractivity contribution in [3.8, 4) is 0 Å². The van der Waals surface area contributed by atoms with Gasteiger partial charge in [-0.3, -0.25) is 4.79 Å². The summed E-state index contributed by atoms with van der Waals surface area (Å²) in [4.78, 5) is 10.4. The van der Waals surface area contributed by atoms with Crippen LogP contribution >= 0.6 is 24.5 Å². The molecule has 0 aliphatic heterocycles. The fraction of sp³-hybridized carbons (Fsp3) is 0.800. The van der Waals surface area contributed by atoms with Gasteiger partial charge in [-0.25, -0.2) is 0 Å². The first-order valence-corrected chi connectivity index (χ1v) is 8.79. The quantitative estimate of drug-likeness (QED) is 0.588. The van der Waals surface area contributed by atoms with Gasteiger partial charge < -0.3 is 21.2 Å². The summed E-state index contributed by atoms with van der Waals surface area (Å²) in [5.41, 5.74) is 0. The SMILES string of the molecule is CC(=O)OC(CS(=P)(=P)[PH-])C(F)(F)F. The Bertz CT molecular complexity index is 311. The van der Waals surface area contributed by atoms with Crippen LogP contribution in [0.5, 0.6) is 0 Å². The Labute approximate surface area is 86.5 Å². The van der Waals surface area contributed by atoms with Crippen molar-refractivity contribution in [2.24, 2.45) is 0 Å². The standard InChI is InChI=1S/C5H9F3O2P3S/c1-3(9)10-4(5(6,7)8)2-14(11,12)13/h4,11-13H,2H2,1H3/q-1. The molecule has 0 aromatic rings. The Hall–Kier alpha value is 0.640. The molecule has 1 unspecified atom stereocenters. The number of hydrogen-bond donors (Lipinski definition) is 0. The summed E-state index contributed by atoms with van der Waals surface area (Å²) >= 11 is 0. The van der Waals surface area contributed by atoms with E-state index >= 15 is 0 Å². The first kappa shape index (κ1) is 14.6. The van der Waals surface area contributed by atoms with Crippen LogP contribution in [0.25, 0.3) is 0 Å². The lowest BCUT2D eigenvalue weighted by Crippen LogP contribution is -2.37. The first-order valence-electron chi connectivity index (χ1n) is 3.31. The predicted octanol–water partition coefficient (Wildman–Crippen LogP) is 2.81. The molecule has 0 aromatic carbocycles. The number of carbonyl (C=O) groups is 1. The predicted molar refractivity (Wildman–Crippen MR) is 58.8 cm³/mol. The van der Waals surface area contributed by atoms with Crippen molar-refractivity contribution in [1.82, 2.24) is 0 Å². The average molecular weight is 283 g/mol. The maximum absolute atomic E-state index is 12.3. The van der Waals surface area contributed by atoms with Crippen LogP contribution in [0.15, 0.2) is 0 Å². The molecule has 0 saturated carbocycles. The Morgan fingerprint density at radius 3 is 2.21 bits per heavy atom. The zero-order valence-corrected chi connectivity index (χ0v) is 11.0. The summed E-state index contributed by atoms with van der Waals surface area (Å²) in [6.45, 7) is 0.935. The molecule has 1 atom stereocenters. The Kier molecular flexibility index (Phi) is 5.35. The van der Waals surface area contributed by atoms with E-state index in [-0.39, 0.29) is 0 Å². The Morgan fingerprint density at radius 2 is 2.00 bits per heavy atom. The second-order valence-electron chi connectivity index (χ2n) is 2.55. The van der Waals surface area contributed by atoms with Crippen molar-refractivity contribution in [3.05, 3.63) is 0 Å². The lowest BCUT2D eigenvalue weighted by molar-refractivity contribution is -0.213. The van der Waals surface area contributed by atoms with E-state index in [2.05, 4.69) is 29.2 Å². The molecule has 0 aliphatic carbocycles. The molecule has 0 heterocycles. The minimum absolute atomic E-state index is 0.402. The summed E-state index contributed by atoms with van der Waals surface area (Å²) in [6.07, 6.45) is -6.67. The zero-order valence-electron chi connectivity index (χ0n) is 7.14. The molecule has 0 fully saturated rings. The number of carbonyl (C=O) groups excluding carboxylic acids is 1. The molecule has 0 amide bonds. The third kappa shape index (κ3) is 7.00. The van der Waals surface area contributed by atoms with E-state index < -0.39 is 32.0 Å². The van der Waals surface area contributed by atoms with Gasteiger partial charge in [-0.15, -0.1) is 16.0 Å². The molecule has 2 nitrogen and oxygen atoms in total. The highest BCUT2D eigenvalue weighted by Crippen LogP contribution is 2.28. The van der Waals surface area contributed by atoms with Crippen molar-refractivity contribution >= 4 is 38.4 Å². The van der Waals surface area contributed by atoms with Crippen LogP contribution in [0.2, 0.25) is 0 Å². The van der Waals surface area contributed by atoms with Gasteiger partial charge in [-0.2, -0.15) is 13.2 Å². The summed E-state index contributed by atoms with van der Waals surface area (Å²) in [5.74, 6) is -1.36. The summed E-state index contributed by atoms with van der Waals surface area (Å²) in [7, 11) is 7.17. The van der Waals surface area contributed by atoms with E-state index in [0.717, 1.165) is 6.92 Å². The van der Waals surface area contributed by atoms with Gasteiger partial charge in [0.25, 0.3) is 0 Å². The highest BCUT2D eigenvalue weighted by molar-refractivity contribution is 8.68. The lowest BCUT2D eigenvalue weighted by Gasteiger charge is -2.25. The van der Waals surface area contributed by atoms with Crippen LogP contribution in [0.3, 0.4) is 0 Å². The number of ether oxygens (including phenoxy) is 1. The average Bonchev–Trinajstić information content (AvgIpc) is 1.78. The van der Waals surface area contributed by atoms with Gasteiger partial charge in [-0.1, -0.05) is 0 Å². The maximum atomic E-state index is 12.3. The van der Waals surface area contributed by atoms with Crippen molar-refractivity contribution in [2.75, 3.05) is 5.75 Å². The van der Waals surface area contributed by atoms with E-state index in [0.29, 0.717) is 0 Å². The first-order chi connectivity index (χ1) is 6.02. The normalized spacial score (nSPS) is 14.9. The molecule has 9 heteroatoms. The molecular formula is C5H9F3O2P3S-. The van der Waals surface area contributed by atoms with Crippen LogP contribution in [0, 0.1) is 0 Å². The van der Waals surface area contributed by atoms with Crippen LogP contribution in [0.1, 0.15) is 6.92 Å². The highest BCUT2D eigenvalue weighted by Gasteiger charge is 2.41. The number of hydrogen-bond acceptors (Lipinski definition) is 2. The number of esters is 1. The number of alkyl halides is 3. The smallest absolute Gasteiger partial charge is 0.426 e. The summed E-state index contributed by atoms with van der Waals surface area (Å²) in [5, 5.41) is 0. The van der Waals surface area contributed by atoms with Crippen LogP contribution in [-0.2, 0) is 17.5 Å². The Morgan fingerprint density at radius 1 is 1.57 bits per heavy atom. The van der Waals surface area contributed by atoms with Crippen LogP contribution < -0.4 is 0 Å². The maximum Gasteiger partial charge on any atom is 0.426 e. The van der Waals surface area contributed by atoms with Crippen molar-refractivity contribution < 1.29 is 22.7 Å². The van der Waals surface area contributed by atoms with Crippen LogP contribution in [0.4, 0.5) is 13.2 Å². The van der Waals surface area contributed by atoms with Gasteiger partial charge in [0.05, 0.1) is 0 Å². The summed E-state index contributed by atoms with van der Waals surface area (Å²) < 4.78 is 41.0. The third-order valence-electron chi connectivity index (χ3n) is 1.07. The second kappa shape index (κ2) is 5.12. The third-order valence-corrected chi connectivity index (χ3v) is 3.38. The monoisotopic (exact) mass is 283 g/mol. The number of halogens is 3. The van der Waals surface area contributed by atoms with E-state index in [4.69, 9.17) is 0 Å². The van der Waals surface area contributed by atoms with Crippen molar-refractivity contribution in [1.29, 1.82) is 0 Å². The van der Waals surface area contributed by atoms with E-state index in [9.17, 15) is 18.0 Å². The van der Waals surface area contributed by atoms with Crippen molar-refractivity contribution in [2.45, 2.75) is 19.2 Å². The van der Waals surface area contributed by atoms with Gasteiger partial charge >= 0.3 is 12.1 Å². The molecule has 0 rings (SSSR count). The highest BCUT2D eigenvalue weighted by atomic mass is 33.1. The molecule has 0 spiro atoms. The molecule has 0 bridgehead atoms. The van der Waals surface area contributed by atoms with E-state index in [1.54, 1.807) is 0 Å². The Balaban J connectivity index is 4.67. The molecular weight excluding hydrogens is 274 g/mol. The second-order valence-corrected chi connectivity index (χ2v) is 14.3. The topological polar surface area (TPSA) is 26.3 Å².